The predicted molar refractivity (Wildman–Crippen MR) is 108 cm³/mol. The monoisotopic (exact) mass is 467 g/mol. The van der Waals surface area contributed by atoms with Crippen molar-refractivity contribution in [2.24, 2.45) is 28.7 Å². The van der Waals surface area contributed by atoms with Gasteiger partial charge in [0.05, 0.1) is 24.3 Å². The molecule has 0 spiro atoms. The molecule has 2 aliphatic heterocycles. The molecule has 3 aliphatic rings. The van der Waals surface area contributed by atoms with E-state index in [4.69, 9.17) is 47.6 Å². The number of rotatable bonds is 5. The standard InChI is InChI=1S/C18H37N5O9/c1-4-8(22)12(26)14(28)18(29-4)32-16-10(24)5(20)2-6(21)15(16)31-17-9(23)13(27)11(25)7(3-19)30-17/h4-18,24-28H,2-3,19-23H2,1H3/t4-,5-,6+,7-,8+,9-,10+,11-,12+,13-,14-,15-,16-,17-,18+/m1/s1. The molecule has 15 N–H and O–H groups in total. The molecular weight excluding hydrogens is 430 g/mol. The number of aliphatic hydroxyl groups is 5. The number of ether oxygens (including phenoxy) is 4. The van der Waals surface area contributed by atoms with E-state index < -0.39 is 91.7 Å². The van der Waals surface area contributed by atoms with Gasteiger partial charge in [0.2, 0.25) is 0 Å². The van der Waals surface area contributed by atoms with Gasteiger partial charge in [-0.3, -0.25) is 0 Å². The molecule has 2 heterocycles. The van der Waals surface area contributed by atoms with E-state index in [1.807, 2.05) is 0 Å². The fourth-order valence-electron chi connectivity index (χ4n) is 4.35. The third kappa shape index (κ3) is 4.94. The molecule has 3 rings (SSSR count). The van der Waals surface area contributed by atoms with E-state index in [0.29, 0.717) is 0 Å². The molecule has 0 aromatic heterocycles. The van der Waals surface area contributed by atoms with Crippen LogP contribution in [0.1, 0.15) is 13.3 Å². The van der Waals surface area contributed by atoms with Crippen LogP contribution in [0.5, 0.6) is 0 Å². The van der Waals surface area contributed by atoms with E-state index in [9.17, 15) is 25.5 Å². The predicted octanol–water partition coefficient (Wildman–Crippen LogP) is -6.30. The summed E-state index contributed by atoms with van der Waals surface area (Å²) in [6, 6.07) is -3.51. The molecule has 32 heavy (non-hydrogen) atoms. The zero-order valence-corrected chi connectivity index (χ0v) is 17.8. The van der Waals surface area contributed by atoms with E-state index >= 15 is 0 Å². The Morgan fingerprint density at radius 3 is 1.94 bits per heavy atom. The highest BCUT2D eigenvalue weighted by Crippen LogP contribution is 2.31. The van der Waals surface area contributed by atoms with Crippen LogP contribution in [-0.4, -0.2) is 124 Å². The minimum absolute atomic E-state index is 0.104. The Hall–Kier alpha value is -0.560. The highest BCUT2D eigenvalue weighted by Gasteiger charge is 2.51. The zero-order chi connectivity index (χ0) is 23.9. The summed E-state index contributed by atoms with van der Waals surface area (Å²) >= 11 is 0. The molecule has 188 valence electrons. The topological polar surface area (TPSA) is 268 Å². The average Bonchev–Trinajstić information content (AvgIpc) is 2.76. The van der Waals surface area contributed by atoms with Gasteiger partial charge in [-0.25, -0.2) is 0 Å². The lowest BCUT2D eigenvalue weighted by molar-refractivity contribution is -0.328. The summed E-state index contributed by atoms with van der Waals surface area (Å²) in [5, 5.41) is 51.6. The average molecular weight is 468 g/mol. The molecular formula is C18H37N5O9. The van der Waals surface area contributed by atoms with Crippen molar-refractivity contribution in [1.82, 2.24) is 0 Å². The van der Waals surface area contributed by atoms with E-state index in [0.717, 1.165) is 0 Å². The second-order valence-electron chi connectivity index (χ2n) is 8.86. The summed E-state index contributed by atoms with van der Waals surface area (Å²) in [7, 11) is 0. The first kappa shape index (κ1) is 26.1. The van der Waals surface area contributed by atoms with Crippen LogP contribution in [0.2, 0.25) is 0 Å². The molecule has 14 heteroatoms. The highest BCUT2D eigenvalue weighted by atomic mass is 16.7. The number of nitrogens with two attached hydrogens (primary N) is 5. The fraction of sp³-hybridized carbons (Fsp3) is 1.00. The molecule has 3 fully saturated rings. The Kier molecular flexibility index (Phi) is 8.44. The lowest BCUT2D eigenvalue weighted by Crippen LogP contribution is -2.69. The molecule has 1 saturated carbocycles. The van der Waals surface area contributed by atoms with Crippen LogP contribution in [0.15, 0.2) is 0 Å². The maximum absolute atomic E-state index is 10.7. The Bertz CT molecular complexity index is 621. The summed E-state index contributed by atoms with van der Waals surface area (Å²) in [5.74, 6) is 0. The molecule has 0 unspecified atom stereocenters. The molecule has 0 aromatic rings. The van der Waals surface area contributed by atoms with E-state index in [-0.39, 0.29) is 13.0 Å². The highest BCUT2D eigenvalue weighted by molar-refractivity contribution is 5.01. The van der Waals surface area contributed by atoms with Crippen molar-refractivity contribution < 1.29 is 44.5 Å². The summed E-state index contributed by atoms with van der Waals surface area (Å²) < 4.78 is 22.9. The van der Waals surface area contributed by atoms with E-state index in [1.165, 1.54) is 0 Å². The largest absolute Gasteiger partial charge is 0.389 e. The Morgan fingerprint density at radius 2 is 1.31 bits per heavy atom. The molecule has 2 saturated heterocycles. The minimum Gasteiger partial charge on any atom is -0.389 e. The van der Waals surface area contributed by atoms with Gasteiger partial charge in [0, 0.05) is 18.6 Å². The molecule has 0 aromatic carbocycles. The molecule has 14 nitrogen and oxygen atoms in total. The van der Waals surface area contributed by atoms with Crippen LogP contribution >= 0.6 is 0 Å². The van der Waals surface area contributed by atoms with Crippen molar-refractivity contribution in [1.29, 1.82) is 0 Å². The Balaban J connectivity index is 1.79. The van der Waals surface area contributed by atoms with Gasteiger partial charge >= 0.3 is 0 Å². The number of hydrogen-bond acceptors (Lipinski definition) is 14. The third-order valence-electron chi connectivity index (χ3n) is 6.54. The molecule has 15 atom stereocenters. The number of aliphatic hydroxyl groups excluding tert-OH is 5. The number of hydrogen-bond donors (Lipinski definition) is 10. The fourth-order valence-corrected chi connectivity index (χ4v) is 4.35. The van der Waals surface area contributed by atoms with Gasteiger partial charge in [-0.05, 0) is 13.3 Å². The van der Waals surface area contributed by atoms with Crippen LogP contribution in [0.4, 0.5) is 0 Å². The molecule has 0 amide bonds. The smallest absolute Gasteiger partial charge is 0.187 e. The molecule has 0 bridgehead atoms. The van der Waals surface area contributed by atoms with Gasteiger partial charge < -0.3 is 73.1 Å². The quantitative estimate of drug-likeness (QED) is 0.180. The van der Waals surface area contributed by atoms with Crippen LogP contribution in [0, 0.1) is 0 Å². The lowest BCUT2D eigenvalue weighted by atomic mass is 9.84. The SMILES string of the molecule is C[C@H]1O[C@@H](O[C@@H]2[C@@H](O)[C@H](N)C[C@H](N)[C@H]2O[C@H]2O[C@H](CN)[C@@H](O)[C@H](O)[C@H]2N)[C@H](O)[C@@H](O)[C@H]1N. The van der Waals surface area contributed by atoms with Gasteiger partial charge in [-0.1, -0.05) is 0 Å². The summed E-state index contributed by atoms with van der Waals surface area (Å²) in [4.78, 5) is 0. The van der Waals surface area contributed by atoms with Crippen molar-refractivity contribution in [3.05, 3.63) is 0 Å². The first-order valence-corrected chi connectivity index (χ1v) is 10.7. The van der Waals surface area contributed by atoms with Gasteiger partial charge in [0.1, 0.15) is 42.7 Å². The second kappa shape index (κ2) is 10.4. The van der Waals surface area contributed by atoms with Crippen molar-refractivity contribution >= 4 is 0 Å². The minimum atomic E-state index is -1.50. The van der Waals surface area contributed by atoms with Crippen molar-refractivity contribution in [2.75, 3.05) is 6.54 Å². The van der Waals surface area contributed by atoms with Crippen molar-refractivity contribution in [3.63, 3.8) is 0 Å². The summed E-state index contributed by atoms with van der Waals surface area (Å²) in [6.07, 6.45) is -13.1. The third-order valence-corrected chi connectivity index (χ3v) is 6.54. The van der Waals surface area contributed by atoms with E-state index in [2.05, 4.69) is 0 Å². The van der Waals surface area contributed by atoms with Crippen LogP contribution < -0.4 is 28.7 Å². The maximum Gasteiger partial charge on any atom is 0.187 e. The van der Waals surface area contributed by atoms with Crippen LogP contribution in [-0.2, 0) is 18.9 Å². The second-order valence-corrected chi connectivity index (χ2v) is 8.86. The van der Waals surface area contributed by atoms with Crippen molar-refractivity contribution in [3.8, 4) is 0 Å². The molecule has 1 aliphatic carbocycles. The summed E-state index contributed by atoms with van der Waals surface area (Å²) in [6.45, 7) is 1.50. The van der Waals surface area contributed by atoms with Gasteiger partial charge in [0.15, 0.2) is 12.6 Å². The Morgan fingerprint density at radius 1 is 0.719 bits per heavy atom. The lowest BCUT2D eigenvalue weighted by Gasteiger charge is -2.48. The van der Waals surface area contributed by atoms with Gasteiger partial charge in [-0.2, -0.15) is 0 Å². The Labute approximate surface area is 185 Å². The zero-order valence-electron chi connectivity index (χ0n) is 17.8. The maximum atomic E-state index is 10.7. The van der Waals surface area contributed by atoms with Crippen LogP contribution in [0.3, 0.4) is 0 Å². The van der Waals surface area contributed by atoms with E-state index in [1.54, 1.807) is 6.92 Å². The van der Waals surface area contributed by atoms with Gasteiger partial charge in [0.25, 0.3) is 0 Å². The van der Waals surface area contributed by atoms with Crippen molar-refractivity contribution in [2.45, 2.75) is 105 Å². The van der Waals surface area contributed by atoms with Crippen LogP contribution in [0.25, 0.3) is 0 Å². The normalized spacial score (nSPS) is 55.0. The molecule has 0 radical (unpaired) electrons. The summed E-state index contributed by atoms with van der Waals surface area (Å²) in [5.41, 5.74) is 29.6. The first-order valence-electron chi connectivity index (χ1n) is 10.7. The van der Waals surface area contributed by atoms with Gasteiger partial charge in [-0.15, -0.1) is 0 Å². The first-order chi connectivity index (χ1) is 15.0.